The summed E-state index contributed by atoms with van der Waals surface area (Å²) in [7, 11) is 0. The minimum Gasteiger partial charge on any atom is -0.294 e. The van der Waals surface area contributed by atoms with Gasteiger partial charge in [-0.25, -0.2) is 0 Å². The van der Waals surface area contributed by atoms with Crippen molar-refractivity contribution in [3.05, 3.63) is 53.3 Å². The number of hydrogen-bond donors (Lipinski definition) is 0. The van der Waals surface area contributed by atoms with Gasteiger partial charge in [0.05, 0.1) is 18.3 Å². The molecule has 3 nitrogen and oxygen atoms in total. The quantitative estimate of drug-likeness (QED) is 0.756. The van der Waals surface area contributed by atoms with Gasteiger partial charge in [-0.05, 0) is 24.8 Å². The Balaban J connectivity index is 1.92. The first kappa shape index (κ1) is 11.2. The summed E-state index contributed by atoms with van der Waals surface area (Å²) < 4.78 is 1.98. The Bertz CT molecular complexity index is 557. The van der Waals surface area contributed by atoms with Crippen LogP contribution < -0.4 is 0 Å². The minimum atomic E-state index is 0.252. The normalized spacial score (nSPS) is 15.2. The van der Waals surface area contributed by atoms with Crippen molar-refractivity contribution >= 4 is 5.78 Å². The van der Waals surface area contributed by atoms with E-state index in [-0.39, 0.29) is 5.78 Å². The Hall–Kier alpha value is -1.90. The molecule has 3 heteroatoms. The summed E-state index contributed by atoms with van der Waals surface area (Å²) in [4.78, 5) is 11.9. The number of nitrogens with zero attached hydrogens (tertiary/aromatic N) is 2. The number of hydrogen-bond acceptors (Lipinski definition) is 2. The van der Waals surface area contributed by atoms with Gasteiger partial charge in [-0.3, -0.25) is 9.48 Å². The van der Waals surface area contributed by atoms with Crippen molar-refractivity contribution in [2.45, 2.75) is 32.2 Å². The van der Waals surface area contributed by atoms with Crippen LogP contribution in [0.25, 0.3) is 0 Å². The lowest BCUT2D eigenvalue weighted by atomic mass is 10.1. The molecule has 0 fully saturated rings. The molecule has 1 aromatic carbocycles. The van der Waals surface area contributed by atoms with Crippen LogP contribution in [-0.4, -0.2) is 15.6 Å². The topological polar surface area (TPSA) is 34.9 Å². The van der Waals surface area contributed by atoms with Gasteiger partial charge in [0.25, 0.3) is 0 Å². The van der Waals surface area contributed by atoms with Crippen LogP contribution in [0.5, 0.6) is 0 Å². The highest BCUT2D eigenvalue weighted by molar-refractivity contribution is 5.97. The van der Waals surface area contributed by atoms with Crippen molar-refractivity contribution in [1.29, 1.82) is 0 Å². The van der Waals surface area contributed by atoms with Gasteiger partial charge in [0.15, 0.2) is 5.78 Å². The predicted molar refractivity (Wildman–Crippen MR) is 69.7 cm³/mol. The van der Waals surface area contributed by atoms with Crippen LogP contribution in [0.15, 0.2) is 36.5 Å². The van der Waals surface area contributed by atoms with Gasteiger partial charge in [-0.2, -0.15) is 5.10 Å². The average molecular weight is 240 g/mol. The third-order valence-corrected chi connectivity index (χ3v) is 3.49. The first-order valence-electron chi connectivity index (χ1n) is 6.46. The number of rotatable bonds is 2. The number of ketones is 1. The third kappa shape index (κ3) is 2.08. The van der Waals surface area contributed by atoms with Crippen molar-refractivity contribution in [2.75, 3.05) is 0 Å². The van der Waals surface area contributed by atoms with Crippen LogP contribution in [0.3, 0.4) is 0 Å². The molecule has 1 aromatic heterocycles. The molecule has 3 rings (SSSR count). The van der Waals surface area contributed by atoms with E-state index >= 15 is 0 Å². The Morgan fingerprint density at radius 1 is 1.11 bits per heavy atom. The molecule has 92 valence electrons. The van der Waals surface area contributed by atoms with Gasteiger partial charge >= 0.3 is 0 Å². The number of aromatic nitrogens is 2. The lowest BCUT2D eigenvalue weighted by molar-refractivity contribution is 0.0982. The third-order valence-electron chi connectivity index (χ3n) is 3.49. The molecule has 0 N–H and O–H groups in total. The lowest BCUT2D eigenvalue weighted by Crippen LogP contribution is -2.07. The summed E-state index contributed by atoms with van der Waals surface area (Å²) >= 11 is 0. The van der Waals surface area contributed by atoms with E-state index in [1.807, 2.05) is 22.9 Å². The maximum Gasteiger partial charge on any atom is 0.166 e. The van der Waals surface area contributed by atoms with E-state index in [0.717, 1.165) is 37.1 Å². The molecule has 1 heterocycles. The van der Waals surface area contributed by atoms with Crippen molar-refractivity contribution in [2.24, 2.45) is 0 Å². The Labute approximate surface area is 106 Å². The molecular weight excluding hydrogens is 224 g/mol. The fourth-order valence-electron chi connectivity index (χ4n) is 2.51. The maximum atomic E-state index is 11.9. The smallest absolute Gasteiger partial charge is 0.166 e. The van der Waals surface area contributed by atoms with E-state index < -0.39 is 0 Å². The highest BCUT2D eigenvalue weighted by Gasteiger charge is 2.19. The maximum absolute atomic E-state index is 11.9. The Morgan fingerprint density at radius 3 is 2.72 bits per heavy atom. The largest absolute Gasteiger partial charge is 0.294 e. The zero-order chi connectivity index (χ0) is 12.4. The second-order valence-corrected chi connectivity index (χ2v) is 4.78. The van der Waals surface area contributed by atoms with E-state index in [4.69, 9.17) is 0 Å². The van der Waals surface area contributed by atoms with Gasteiger partial charge in [-0.1, -0.05) is 30.3 Å². The molecule has 0 amide bonds. The molecule has 0 aliphatic heterocycles. The second-order valence-electron chi connectivity index (χ2n) is 4.78. The summed E-state index contributed by atoms with van der Waals surface area (Å²) in [5.74, 6) is 0.252. The van der Waals surface area contributed by atoms with Crippen LogP contribution in [0.2, 0.25) is 0 Å². The van der Waals surface area contributed by atoms with Gasteiger partial charge < -0.3 is 0 Å². The number of Topliss-reactive ketones (excluding diaryl/α,β-unsaturated/α-hetero) is 1. The SMILES string of the molecule is O=C1CCCCc2c1cnn2Cc1ccccc1. The van der Waals surface area contributed by atoms with Gasteiger partial charge in [0.2, 0.25) is 0 Å². The van der Waals surface area contributed by atoms with Crippen LogP contribution in [0.1, 0.15) is 40.9 Å². The summed E-state index contributed by atoms with van der Waals surface area (Å²) in [6.45, 7) is 0.753. The van der Waals surface area contributed by atoms with Crippen molar-refractivity contribution in [1.82, 2.24) is 9.78 Å². The van der Waals surface area contributed by atoms with Crippen molar-refractivity contribution in [3.63, 3.8) is 0 Å². The van der Waals surface area contributed by atoms with Crippen LogP contribution in [0.4, 0.5) is 0 Å². The zero-order valence-electron chi connectivity index (χ0n) is 10.3. The highest BCUT2D eigenvalue weighted by Crippen LogP contribution is 2.21. The van der Waals surface area contributed by atoms with E-state index in [0.29, 0.717) is 6.42 Å². The zero-order valence-corrected chi connectivity index (χ0v) is 10.3. The fourth-order valence-corrected chi connectivity index (χ4v) is 2.51. The minimum absolute atomic E-state index is 0.252. The molecule has 18 heavy (non-hydrogen) atoms. The molecule has 0 radical (unpaired) electrons. The molecule has 1 aliphatic carbocycles. The number of carbonyl (C=O) groups excluding carboxylic acids is 1. The molecule has 0 unspecified atom stereocenters. The molecule has 0 spiro atoms. The monoisotopic (exact) mass is 240 g/mol. The number of benzene rings is 1. The van der Waals surface area contributed by atoms with Gasteiger partial charge in [-0.15, -0.1) is 0 Å². The number of fused-ring (bicyclic) bond motifs is 1. The summed E-state index contributed by atoms with van der Waals surface area (Å²) in [6, 6.07) is 10.3. The first-order chi connectivity index (χ1) is 8.84. The van der Waals surface area contributed by atoms with E-state index in [2.05, 4.69) is 17.2 Å². The van der Waals surface area contributed by atoms with E-state index in [1.165, 1.54) is 5.56 Å². The van der Waals surface area contributed by atoms with E-state index in [9.17, 15) is 4.79 Å². The molecular formula is C15H16N2O. The standard InChI is InChI=1S/C15H16N2O/c18-15-9-5-4-8-14-13(15)10-16-17(14)11-12-6-2-1-3-7-12/h1-3,6-7,10H,4-5,8-9,11H2. The molecule has 2 aromatic rings. The molecule has 0 saturated carbocycles. The van der Waals surface area contributed by atoms with Gasteiger partial charge in [0, 0.05) is 12.1 Å². The molecule has 0 atom stereocenters. The summed E-state index contributed by atoms with van der Waals surface area (Å²) in [6.07, 6.45) is 5.46. The number of carbonyl (C=O) groups is 1. The Kier molecular flexibility index (Phi) is 2.97. The Morgan fingerprint density at radius 2 is 1.89 bits per heavy atom. The molecule has 1 aliphatic rings. The molecule has 0 bridgehead atoms. The van der Waals surface area contributed by atoms with Crippen LogP contribution >= 0.6 is 0 Å². The van der Waals surface area contributed by atoms with Crippen LogP contribution in [0, 0.1) is 0 Å². The predicted octanol–water partition coefficient (Wildman–Crippen LogP) is 2.84. The summed E-state index contributed by atoms with van der Waals surface area (Å²) in [5, 5.41) is 4.38. The molecule has 0 saturated heterocycles. The first-order valence-corrected chi connectivity index (χ1v) is 6.46. The average Bonchev–Trinajstić information content (AvgIpc) is 2.69. The highest BCUT2D eigenvalue weighted by atomic mass is 16.1. The van der Waals surface area contributed by atoms with Crippen molar-refractivity contribution < 1.29 is 4.79 Å². The lowest BCUT2D eigenvalue weighted by Gasteiger charge is -2.07. The van der Waals surface area contributed by atoms with Crippen LogP contribution in [-0.2, 0) is 13.0 Å². The second kappa shape index (κ2) is 4.77. The summed E-state index contributed by atoms with van der Waals surface area (Å²) in [5.41, 5.74) is 3.17. The fraction of sp³-hybridized carbons (Fsp3) is 0.333. The van der Waals surface area contributed by atoms with Crippen molar-refractivity contribution in [3.8, 4) is 0 Å². The van der Waals surface area contributed by atoms with E-state index in [1.54, 1.807) is 6.20 Å². The van der Waals surface area contributed by atoms with Gasteiger partial charge in [0.1, 0.15) is 0 Å².